The molecular weight excluding hydrogens is 490 g/mol. The molecule has 0 radical (unpaired) electrons. The van der Waals surface area contributed by atoms with Crippen molar-refractivity contribution in [1.29, 1.82) is 5.26 Å². The molecule has 0 spiro atoms. The summed E-state index contributed by atoms with van der Waals surface area (Å²) in [6.07, 6.45) is -9.44. The van der Waals surface area contributed by atoms with Gasteiger partial charge in [-0.15, -0.1) is 13.2 Å². The molecule has 0 aliphatic rings. The molecule has 3 rings (SSSR count). The second kappa shape index (κ2) is 10.8. The first-order valence-electron chi connectivity index (χ1n) is 10.1. The molecule has 0 fully saturated rings. The first-order chi connectivity index (χ1) is 16.9. The summed E-state index contributed by atoms with van der Waals surface area (Å²) in [6.45, 7) is 0. The minimum absolute atomic E-state index is 0.0246. The van der Waals surface area contributed by atoms with Gasteiger partial charge < -0.3 is 10.1 Å². The standard InChI is InChI=1S/C24H16F6N4O2/c25-23(26,27)18-3-1-2-17(13-18)21(12-15-4-6-16(14-31)7-5-15)33-34-22(35)32-19-8-10-20(11-9-19)36-24(28,29)30/h1-11,13H,12H2,(H2,32,34,35). The Bertz CT molecular complexity index is 1280. The average Bonchev–Trinajstić information content (AvgIpc) is 2.82. The molecule has 2 N–H and O–H groups in total. The van der Waals surface area contributed by atoms with Gasteiger partial charge in [0.15, 0.2) is 0 Å². The fraction of sp³-hybridized carbons (Fsp3) is 0.125. The normalized spacial score (nSPS) is 12.0. The number of benzene rings is 3. The molecule has 186 valence electrons. The number of hydrogen-bond donors (Lipinski definition) is 2. The number of ether oxygens (including phenoxy) is 1. The Kier molecular flexibility index (Phi) is 7.83. The Morgan fingerprint density at radius 2 is 1.61 bits per heavy atom. The van der Waals surface area contributed by atoms with Crippen LogP contribution in [0.15, 0.2) is 77.9 Å². The zero-order chi connectivity index (χ0) is 26.3. The van der Waals surface area contributed by atoms with Crippen molar-refractivity contribution in [2.45, 2.75) is 19.0 Å². The number of alkyl halides is 6. The molecule has 0 unspecified atom stereocenters. The molecule has 0 saturated carbocycles. The number of urea groups is 1. The zero-order valence-electron chi connectivity index (χ0n) is 18.1. The molecule has 2 amide bonds. The van der Waals surface area contributed by atoms with Crippen LogP contribution >= 0.6 is 0 Å². The fourth-order valence-corrected chi connectivity index (χ4v) is 2.99. The summed E-state index contributed by atoms with van der Waals surface area (Å²) < 4.78 is 80.1. The summed E-state index contributed by atoms with van der Waals surface area (Å²) in [4.78, 5) is 12.3. The number of rotatable bonds is 6. The highest BCUT2D eigenvalue weighted by Crippen LogP contribution is 2.30. The van der Waals surface area contributed by atoms with Crippen molar-refractivity contribution >= 4 is 17.4 Å². The highest BCUT2D eigenvalue weighted by atomic mass is 19.4. The summed E-state index contributed by atoms with van der Waals surface area (Å²) in [5.41, 5.74) is 2.59. The molecule has 3 aromatic carbocycles. The lowest BCUT2D eigenvalue weighted by molar-refractivity contribution is -0.274. The molecule has 0 bridgehead atoms. The van der Waals surface area contributed by atoms with E-state index in [1.165, 1.54) is 24.3 Å². The van der Waals surface area contributed by atoms with Gasteiger partial charge in [0.25, 0.3) is 0 Å². The van der Waals surface area contributed by atoms with Gasteiger partial charge in [-0.3, -0.25) is 0 Å². The van der Waals surface area contributed by atoms with E-state index in [1.807, 2.05) is 6.07 Å². The van der Waals surface area contributed by atoms with Gasteiger partial charge in [0.05, 0.1) is 22.9 Å². The highest BCUT2D eigenvalue weighted by molar-refractivity contribution is 6.03. The maximum atomic E-state index is 13.2. The monoisotopic (exact) mass is 506 g/mol. The molecule has 0 aliphatic heterocycles. The van der Waals surface area contributed by atoms with Crippen LogP contribution in [0, 0.1) is 11.3 Å². The minimum Gasteiger partial charge on any atom is -0.406 e. The number of nitriles is 1. The summed E-state index contributed by atoms with van der Waals surface area (Å²) in [5.74, 6) is -0.485. The maximum absolute atomic E-state index is 13.2. The number of carbonyl (C=O) groups is 1. The van der Waals surface area contributed by atoms with Crippen LogP contribution in [0.4, 0.5) is 36.8 Å². The second-order valence-electron chi connectivity index (χ2n) is 7.26. The van der Waals surface area contributed by atoms with Gasteiger partial charge in [-0.05, 0) is 59.7 Å². The van der Waals surface area contributed by atoms with Gasteiger partial charge in [0.1, 0.15) is 5.75 Å². The van der Waals surface area contributed by atoms with Crippen LogP contribution in [0.5, 0.6) is 5.75 Å². The largest absolute Gasteiger partial charge is 0.573 e. The van der Waals surface area contributed by atoms with Crippen LogP contribution in [-0.4, -0.2) is 18.1 Å². The molecule has 0 aliphatic carbocycles. The smallest absolute Gasteiger partial charge is 0.406 e. The van der Waals surface area contributed by atoms with Crippen LogP contribution in [0.1, 0.15) is 22.3 Å². The van der Waals surface area contributed by atoms with E-state index < -0.39 is 29.9 Å². The molecule has 0 saturated heterocycles. The van der Waals surface area contributed by atoms with Crippen LogP contribution in [-0.2, 0) is 12.6 Å². The van der Waals surface area contributed by atoms with Crippen molar-refractivity contribution in [3.8, 4) is 11.8 Å². The number of anilines is 1. The molecular formula is C24H16F6N4O2. The summed E-state index contributed by atoms with van der Waals surface area (Å²) in [5, 5.41) is 15.2. The van der Waals surface area contributed by atoms with Gasteiger partial charge in [-0.25, -0.2) is 10.2 Å². The van der Waals surface area contributed by atoms with E-state index in [4.69, 9.17) is 5.26 Å². The fourth-order valence-electron chi connectivity index (χ4n) is 2.99. The topological polar surface area (TPSA) is 86.5 Å². The van der Waals surface area contributed by atoms with Crippen LogP contribution < -0.4 is 15.5 Å². The Balaban J connectivity index is 1.79. The third-order valence-corrected chi connectivity index (χ3v) is 4.62. The molecule has 12 heteroatoms. The maximum Gasteiger partial charge on any atom is 0.573 e. The van der Waals surface area contributed by atoms with Crippen molar-refractivity contribution in [3.05, 3.63) is 95.1 Å². The minimum atomic E-state index is -4.87. The molecule has 0 aromatic heterocycles. The van der Waals surface area contributed by atoms with Gasteiger partial charge in [0, 0.05) is 12.1 Å². The van der Waals surface area contributed by atoms with E-state index in [0.717, 1.165) is 36.4 Å². The van der Waals surface area contributed by atoms with Crippen LogP contribution in [0.3, 0.4) is 0 Å². The number of amides is 2. The number of carbonyl (C=O) groups excluding carboxylic acids is 1. The summed E-state index contributed by atoms with van der Waals surface area (Å²) >= 11 is 0. The molecule has 3 aromatic rings. The predicted molar refractivity (Wildman–Crippen MR) is 118 cm³/mol. The zero-order valence-corrected chi connectivity index (χ0v) is 18.1. The van der Waals surface area contributed by atoms with Crippen molar-refractivity contribution in [3.63, 3.8) is 0 Å². The summed E-state index contributed by atoms with van der Waals surface area (Å²) in [6, 6.07) is 16.0. The Hall–Kier alpha value is -4.53. The molecule has 36 heavy (non-hydrogen) atoms. The molecule has 0 heterocycles. The van der Waals surface area contributed by atoms with E-state index in [0.29, 0.717) is 11.1 Å². The van der Waals surface area contributed by atoms with Crippen molar-refractivity contribution < 1.29 is 35.9 Å². The lowest BCUT2D eigenvalue weighted by Crippen LogP contribution is -2.26. The van der Waals surface area contributed by atoms with Crippen molar-refractivity contribution in [1.82, 2.24) is 5.43 Å². The van der Waals surface area contributed by atoms with Gasteiger partial charge >= 0.3 is 18.6 Å². The Morgan fingerprint density at radius 3 is 2.19 bits per heavy atom. The number of nitrogens with zero attached hydrogens (tertiary/aromatic N) is 2. The van der Waals surface area contributed by atoms with Crippen LogP contribution in [0.25, 0.3) is 0 Å². The number of hydrazone groups is 1. The lowest BCUT2D eigenvalue weighted by atomic mass is 9.99. The third kappa shape index (κ3) is 7.76. The first kappa shape index (κ1) is 26.1. The van der Waals surface area contributed by atoms with Crippen LogP contribution in [0.2, 0.25) is 0 Å². The van der Waals surface area contributed by atoms with E-state index >= 15 is 0 Å². The van der Waals surface area contributed by atoms with E-state index in [9.17, 15) is 31.1 Å². The van der Waals surface area contributed by atoms with E-state index in [-0.39, 0.29) is 23.4 Å². The van der Waals surface area contributed by atoms with Gasteiger partial charge in [0.2, 0.25) is 0 Å². The summed E-state index contributed by atoms with van der Waals surface area (Å²) in [7, 11) is 0. The quantitative estimate of drug-likeness (QED) is 0.236. The predicted octanol–water partition coefficient (Wildman–Crippen LogP) is 6.24. The second-order valence-corrected chi connectivity index (χ2v) is 7.26. The number of hydrogen-bond acceptors (Lipinski definition) is 4. The third-order valence-electron chi connectivity index (χ3n) is 4.62. The number of nitrogens with one attached hydrogen (secondary N) is 2. The average molecular weight is 506 g/mol. The lowest BCUT2D eigenvalue weighted by Gasteiger charge is -2.12. The Labute approximate surface area is 200 Å². The number of halogens is 6. The highest BCUT2D eigenvalue weighted by Gasteiger charge is 2.31. The van der Waals surface area contributed by atoms with Gasteiger partial charge in [-0.1, -0.05) is 24.3 Å². The van der Waals surface area contributed by atoms with Gasteiger partial charge in [-0.2, -0.15) is 23.5 Å². The molecule has 6 nitrogen and oxygen atoms in total. The van der Waals surface area contributed by atoms with E-state index in [2.05, 4.69) is 20.6 Å². The SMILES string of the molecule is N#Cc1ccc(CC(=NNC(=O)Nc2ccc(OC(F)(F)F)cc2)c2cccc(C(F)(F)F)c2)cc1. The van der Waals surface area contributed by atoms with Crippen molar-refractivity contribution in [2.24, 2.45) is 5.10 Å². The first-order valence-corrected chi connectivity index (χ1v) is 10.1. The Morgan fingerprint density at radius 1 is 0.944 bits per heavy atom. The van der Waals surface area contributed by atoms with E-state index in [1.54, 1.807) is 12.1 Å². The van der Waals surface area contributed by atoms with Crippen molar-refractivity contribution in [2.75, 3.05) is 5.32 Å². The molecule has 0 atom stereocenters.